The van der Waals surface area contributed by atoms with E-state index in [0.717, 1.165) is 11.8 Å². The topological polar surface area (TPSA) is 0 Å². The molecule has 0 saturated heterocycles. The van der Waals surface area contributed by atoms with Gasteiger partial charge in [-0.15, -0.1) is 0 Å². The summed E-state index contributed by atoms with van der Waals surface area (Å²) >= 11 is 0. The molecular formula is C14H24. The van der Waals surface area contributed by atoms with Gasteiger partial charge in [-0.2, -0.15) is 0 Å². The van der Waals surface area contributed by atoms with Gasteiger partial charge in [-0.3, -0.25) is 0 Å². The lowest BCUT2D eigenvalue weighted by Gasteiger charge is -2.44. The minimum absolute atomic E-state index is 0.502. The van der Waals surface area contributed by atoms with Crippen LogP contribution in [-0.2, 0) is 0 Å². The van der Waals surface area contributed by atoms with Gasteiger partial charge >= 0.3 is 0 Å². The molecule has 0 heterocycles. The standard InChI is InChI=1S/C14H24/c1-10-7-8-12-6-5-9-14(3,4)13(12)11(10)2/h10-11H,5-9H2,1-4H3. The smallest absolute Gasteiger partial charge is 0.0139 e. The Morgan fingerprint density at radius 1 is 1.14 bits per heavy atom. The molecule has 0 bridgehead atoms. The molecule has 0 spiro atoms. The van der Waals surface area contributed by atoms with Crippen LogP contribution in [0.15, 0.2) is 11.1 Å². The van der Waals surface area contributed by atoms with Crippen molar-refractivity contribution < 1.29 is 0 Å². The first-order chi connectivity index (χ1) is 6.52. The maximum atomic E-state index is 2.45. The van der Waals surface area contributed by atoms with Crippen LogP contribution in [0.25, 0.3) is 0 Å². The summed E-state index contributed by atoms with van der Waals surface area (Å²) in [6.45, 7) is 9.79. The second-order valence-corrected chi connectivity index (χ2v) is 6.06. The molecule has 0 N–H and O–H groups in total. The fourth-order valence-electron chi connectivity index (χ4n) is 3.63. The van der Waals surface area contributed by atoms with Crippen molar-refractivity contribution in [3.05, 3.63) is 11.1 Å². The molecule has 2 aliphatic rings. The molecule has 0 saturated carbocycles. The van der Waals surface area contributed by atoms with E-state index in [9.17, 15) is 0 Å². The largest absolute Gasteiger partial charge is 0.0702 e. The summed E-state index contributed by atoms with van der Waals surface area (Å²) in [6.07, 6.45) is 7.05. The molecule has 2 atom stereocenters. The van der Waals surface area contributed by atoms with Gasteiger partial charge in [-0.05, 0) is 49.4 Å². The molecule has 0 radical (unpaired) electrons. The maximum Gasteiger partial charge on any atom is -0.0139 e. The van der Waals surface area contributed by atoms with E-state index in [-0.39, 0.29) is 0 Å². The molecule has 0 aromatic rings. The normalized spacial score (nSPS) is 36.9. The zero-order valence-electron chi connectivity index (χ0n) is 10.2. The van der Waals surface area contributed by atoms with Crippen LogP contribution in [0.3, 0.4) is 0 Å². The number of hydrogen-bond donors (Lipinski definition) is 0. The lowest BCUT2D eigenvalue weighted by atomic mass is 9.62. The number of allylic oxidation sites excluding steroid dienone is 2. The van der Waals surface area contributed by atoms with Crippen molar-refractivity contribution in [2.75, 3.05) is 0 Å². The summed E-state index contributed by atoms with van der Waals surface area (Å²) in [4.78, 5) is 0. The SMILES string of the molecule is CC1CCC2=C(C1C)C(C)(C)CCC2. The van der Waals surface area contributed by atoms with Gasteiger partial charge in [-0.1, -0.05) is 38.8 Å². The molecule has 0 nitrogen and oxygen atoms in total. The summed E-state index contributed by atoms with van der Waals surface area (Å²) in [5.41, 5.74) is 4.16. The fourth-order valence-corrected chi connectivity index (χ4v) is 3.63. The number of rotatable bonds is 0. The zero-order valence-corrected chi connectivity index (χ0v) is 10.2. The lowest BCUT2D eigenvalue weighted by molar-refractivity contribution is 0.259. The highest BCUT2D eigenvalue weighted by Crippen LogP contribution is 2.50. The Hall–Kier alpha value is -0.260. The molecule has 0 aliphatic heterocycles. The third-order valence-electron chi connectivity index (χ3n) is 4.60. The van der Waals surface area contributed by atoms with E-state index in [1.54, 1.807) is 0 Å². The van der Waals surface area contributed by atoms with Gasteiger partial charge in [0.25, 0.3) is 0 Å². The molecule has 80 valence electrons. The van der Waals surface area contributed by atoms with Crippen LogP contribution in [0, 0.1) is 17.3 Å². The van der Waals surface area contributed by atoms with Gasteiger partial charge in [0, 0.05) is 0 Å². The molecule has 0 aromatic carbocycles. The first-order valence-electron chi connectivity index (χ1n) is 6.25. The van der Waals surface area contributed by atoms with Crippen LogP contribution in [-0.4, -0.2) is 0 Å². The highest BCUT2D eigenvalue weighted by atomic mass is 14.4. The number of hydrogen-bond acceptors (Lipinski definition) is 0. The fraction of sp³-hybridized carbons (Fsp3) is 0.857. The summed E-state index contributed by atoms with van der Waals surface area (Å²) in [5, 5.41) is 0. The van der Waals surface area contributed by atoms with E-state index in [1.807, 2.05) is 11.1 Å². The molecule has 0 heteroatoms. The van der Waals surface area contributed by atoms with E-state index >= 15 is 0 Å². The van der Waals surface area contributed by atoms with Gasteiger partial charge in [0.05, 0.1) is 0 Å². The summed E-state index contributed by atoms with van der Waals surface area (Å²) in [5.74, 6) is 1.75. The van der Waals surface area contributed by atoms with Crippen molar-refractivity contribution in [1.82, 2.24) is 0 Å². The first kappa shape index (κ1) is 10.3. The van der Waals surface area contributed by atoms with Gasteiger partial charge in [0.15, 0.2) is 0 Å². The average molecular weight is 192 g/mol. The second-order valence-electron chi connectivity index (χ2n) is 6.06. The molecule has 2 rings (SSSR count). The van der Waals surface area contributed by atoms with Crippen LogP contribution in [0.1, 0.15) is 59.8 Å². The van der Waals surface area contributed by atoms with E-state index in [0.29, 0.717) is 5.41 Å². The average Bonchev–Trinajstić information content (AvgIpc) is 2.10. The third kappa shape index (κ3) is 1.53. The van der Waals surface area contributed by atoms with Crippen LogP contribution in [0.2, 0.25) is 0 Å². The van der Waals surface area contributed by atoms with E-state index in [4.69, 9.17) is 0 Å². The summed E-state index contributed by atoms with van der Waals surface area (Å²) in [7, 11) is 0. The minimum Gasteiger partial charge on any atom is -0.0702 e. The third-order valence-corrected chi connectivity index (χ3v) is 4.60. The molecule has 14 heavy (non-hydrogen) atoms. The minimum atomic E-state index is 0.502. The predicted molar refractivity (Wildman–Crippen MR) is 62.2 cm³/mol. The zero-order chi connectivity index (χ0) is 10.3. The molecule has 0 fully saturated rings. The molecule has 2 aliphatic carbocycles. The highest BCUT2D eigenvalue weighted by molar-refractivity contribution is 5.28. The Labute approximate surface area is 88.8 Å². The highest BCUT2D eigenvalue weighted by Gasteiger charge is 2.36. The Morgan fingerprint density at radius 2 is 1.86 bits per heavy atom. The van der Waals surface area contributed by atoms with E-state index in [1.165, 1.54) is 32.1 Å². The second kappa shape index (κ2) is 3.40. The van der Waals surface area contributed by atoms with E-state index < -0.39 is 0 Å². The quantitative estimate of drug-likeness (QED) is 0.494. The Balaban J connectivity index is 2.38. The maximum absolute atomic E-state index is 2.45. The summed E-state index contributed by atoms with van der Waals surface area (Å²) < 4.78 is 0. The van der Waals surface area contributed by atoms with Crippen molar-refractivity contribution in [1.29, 1.82) is 0 Å². The Kier molecular flexibility index (Phi) is 2.49. The van der Waals surface area contributed by atoms with E-state index in [2.05, 4.69) is 27.7 Å². The van der Waals surface area contributed by atoms with Crippen LogP contribution >= 0.6 is 0 Å². The first-order valence-corrected chi connectivity index (χ1v) is 6.25. The van der Waals surface area contributed by atoms with Crippen molar-refractivity contribution in [3.63, 3.8) is 0 Å². The Bertz CT molecular complexity index is 257. The van der Waals surface area contributed by atoms with Crippen LogP contribution in [0.5, 0.6) is 0 Å². The molecule has 2 unspecified atom stereocenters. The van der Waals surface area contributed by atoms with Crippen molar-refractivity contribution in [2.24, 2.45) is 17.3 Å². The molecule has 0 amide bonds. The molecule has 0 aromatic heterocycles. The monoisotopic (exact) mass is 192 g/mol. The van der Waals surface area contributed by atoms with Crippen LogP contribution in [0.4, 0.5) is 0 Å². The Morgan fingerprint density at radius 3 is 2.57 bits per heavy atom. The van der Waals surface area contributed by atoms with Crippen LogP contribution < -0.4 is 0 Å². The van der Waals surface area contributed by atoms with Gasteiger partial charge in [-0.25, -0.2) is 0 Å². The predicted octanol–water partition coefficient (Wildman–Crippen LogP) is 4.56. The van der Waals surface area contributed by atoms with Crippen molar-refractivity contribution in [2.45, 2.75) is 59.8 Å². The molecular weight excluding hydrogens is 168 g/mol. The van der Waals surface area contributed by atoms with Gasteiger partial charge in [0.2, 0.25) is 0 Å². The van der Waals surface area contributed by atoms with Crippen molar-refractivity contribution in [3.8, 4) is 0 Å². The summed E-state index contributed by atoms with van der Waals surface area (Å²) in [6, 6.07) is 0. The van der Waals surface area contributed by atoms with Gasteiger partial charge < -0.3 is 0 Å². The van der Waals surface area contributed by atoms with Crippen molar-refractivity contribution >= 4 is 0 Å². The lowest BCUT2D eigenvalue weighted by Crippen LogP contribution is -2.31. The van der Waals surface area contributed by atoms with Gasteiger partial charge in [0.1, 0.15) is 0 Å².